The molecule has 3 aromatic rings. The van der Waals surface area contributed by atoms with Gasteiger partial charge in [0.1, 0.15) is 36.6 Å². The molecule has 1 amide bonds. The molecule has 0 spiro atoms. The molecule has 4 rings (SSSR count). The Hall–Kier alpha value is -3.59. The number of carbonyl (C=O) groups excluding carboxylic acids is 2. The van der Waals surface area contributed by atoms with Gasteiger partial charge in [-0.2, -0.15) is 5.10 Å². The van der Waals surface area contributed by atoms with Gasteiger partial charge in [0.05, 0.1) is 24.4 Å². The van der Waals surface area contributed by atoms with Crippen molar-refractivity contribution in [2.45, 2.75) is 19.6 Å². The number of benzene rings is 2. The molecular weight excluding hydrogens is 432 g/mol. The summed E-state index contributed by atoms with van der Waals surface area (Å²) in [7, 11) is 0. The number of morpholine rings is 1. The molecule has 172 valence electrons. The van der Waals surface area contributed by atoms with Gasteiger partial charge in [-0.15, -0.1) is 0 Å². The summed E-state index contributed by atoms with van der Waals surface area (Å²) in [6, 6.07) is 11.8. The fourth-order valence-electron chi connectivity index (χ4n) is 3.63. The minimum atomic E-state index is -0.519. The lowest BCUT2D eigenvalue weighted by Crippen LogP contribution is -2.48. The molecule has 0 aliphatic carbocycles. The number of halogens is 2. The molecule has 33 heavy (non-hydrogen) atoms. The molecule has 0 N–H and O–H groups in total. The van der Waals surface area contributed by atoms with Crippen LogP contribution in [0.4, 0.5) is 8.78 Å². The van der Waals surface area contributed by atoms with Gasteiger partial charge >= 0.3 is 0 Å². The molecule has 2 aromatic carbocycles. The molecule has 2 heterocycles. The molecule has 9 heteroatoms. The van der Waals surface area contributed by atoms with E-state index in [0.717, 1.165) is 6.07 Å². The fraction of sp³-hybridized carbons (Fsp3) is 0.292. The van der Waals surface area contributed by atoms with Crippen LogP contribution >= 0.6 is 0 Å². The molecule has 0 bridgehead atoms. The lowest BCUT2D eigenvalue weighted by atomic mass is 10.1. The molecule has 1 aliphatic rings. The molecule has 0 saturated carbocycles. The number of ketones is 1. The van der Waals surface area contributed by atoms with Gasteiger partial charge in [-0.1, -0.05) is 12.1 Å². The third-order valence-corrected chi connectivity index (χ3v) is 5.32. The quantitative estimate of drug-likeness (QED) is 0.511. The predicted octanol–water partition coefficient (Wildman–Crippen LogP) is 3.34. The Bertz CT molecular complexity index is 1160. The van der Waals surface area contributed by atoms with Crippen LogP contribution in [0.1, 0.15) is 17.3 Å². The average Bonchev–Trinajstić information content (AvgIpc) is 3.26. The zero-order chi connectivity index (χ0) is 23.4. The number of carbonyl (C=O) groups is 2. The Morgan fingerprint density at radius 2 is 2.00 bits per heavy atom. The first-order chi connectivity index (χ1) is 15.9. The van der Waals surface area contributed by atoms with Gasteiger partial charge in [0.2, 0.25) is 5.91 Å². The first-order valence-electron chi connectivity index (χ1n) is 10.5. The van der Waals surface area contributed by atoms with Crippen LogP contribution in [0.15, 0.2) is 54.7 Å². The third-order valence-electron chi connectivity index (χ3n) is 5.32. The van der Waals surface area contributed by atoms with Crippen molar-refractivity contribution < 1.29 is 27.8 Å². The maximum atomic E-state index is 14.0. The van der Waals surface area contributed by atoms with Gasteiger partial charge in [0.15, 0.2) is 5.78 Å². The van der Waals surface area contributed by atoms with E-state index in [0.29, 0.717) is 31.0 Å². The summed E-state index contributed by atoms with van der Waals surface area (Å²) in [5, 5.41) is 4.32. The van der Waals surface area contributed by atoms with Crippen LogP contribution in [-0.4, -0.2) is 58.8 Å². The highest BCUT2D eigenvalue weighted by atomic mass is 19.1. The summed E-state index contributed by atoms with van der Waals surface area (Å²) >= 11 is 0. The summed E-state index contributed by atoms with van der Waals surface area (Å²) in [6.45, 7) is 2.51. The summed E-state index contributed by atoms with van der Waals surface area (Å²) in [6.07, 6.45) is 1.23. The maximum absolute atomic E-state index is 14.0. The zero-order valence-electron chi connectivity index (χ0n) is 18.0. The topological polar surface area (TPSA) is 73.7 Å². The monoisotopic (exact) mass is 455 g/mol. The van der Waals surface area contributed by atoms with Crippen LogP contribution in [0.25, 0.3) is 11.3 Å². The van der Waals surface area contributed by atoms with Crippen molar-refractivity contribution in [2.24, 2.45) is 0 Å². The van der Waals surface area contributed by atoms with E-state index in [1.807, 2.05) is 0 Å². The Kier molecular flexibility index (Phi) is 6.79. The van der Waals surface area contributed by atoms with Gasteiger partial charge < -0.3 is 14.4 Å². The van der Waals surface area contributed by atoms with Crippen molar-refractivity contribution in [1.82, 2.24) is 14.7 Å². The van der Waals surface area contributed by atoms with Gasteiger partial charge in [0, 0.05) is 18.3 Å². The molecule has 0 radical (unpaired) electrons. The number of ether oxygens (including phenoxy) is 2. The van der Waals surface area contributed by atoms with Crippen molar-refractivity contribution in [3.05, 3.63) is 71.9 Å². The van der Waals surface area contributed by atoms with E-state index in [-0.39, 0.29) is 42.0 Å². The second-order valence-electron chi connectivity index (χ2n) is 7.72. The van der Waals surface area contributed by atoms with Crippen molar-refractivity contribution in [3.63, 3.8) is 0 Å². The van der Waals surface area contributed by atoms with Crippen LogP contribution in [0.3, 0.4) is 0 Å². The van der Waals surface area contributed by atoms with E-state index < -0.39 is 11.9 Å². The van der Waals surface area contributed by atoms with E-state index in [1.54, 1.807) is 35.4 Å². The molecule has 1 fully saturated rings. The van der Waals surface area contributed by atoms with Gasteiger partial charge in [-0.25, -0.2) is 8.78 Å². The van der Waals surface area contributed by atoms with Crippen LogP contribution < -0.4 is 4.74 Å². The van der Waals surface area contributed by atoms with Crippen molar-refractivity contribution in [3.8, 4) is 17.0 Å². The van der Waals surface area contributed by atoms with E-state index >= 15 is 0 Å². The molecule has 1 aliphatic heterocycles. The highest BCUT2D eigenvalue weighted by molar-refractivity contribution is 5.96. The van der Waals surface area contributed by atoms with Crippen LogP contribution in [0, 0.1) is 11.6 Å². The highest BCUT2D eigenvalue weighted by Gasteiger charge is 2.25. The smallest absolute Gasteiger partial charge is 0.244 e. The Labute approximate surface area is 189 Å². The van der Waals surface area contributed by atoms with E-state index in [9.17, 15) is 18.4 Å². The number of aromatic nitrogens is 2. The van der Waals surface area contributed by atoms with E-state index in [1.165, 1.54) is 29.8 Å². The Balaban J connectivity index is 1.35. The molecule has 1 atom stereocenters. The average molecular weight is 455 g/mol. The zero-order valence-corrected chi connectivity index (χ0v) is 18.0. The molecule has 1 unspecified atom stereocenters. The second kappa shape index (κ2) is 9.91. The Morgan fingerprint density at radius 3 is 2.79 bits per heavy atom. The number of nitrogens with zero attached hydrogens (tertiary/aromatic N) is 3. The van der Waals surface area contributed by atoms with Crippen LogP contribution in [-0.2, 0) is 16.1 Å². The summed E-state index contributed by atoms with van der Waals surface area (Å²) in [5.41, 5.74) is 0.982. The van der Waals surface area contributed by atoms with Crippen molar-refractivity contribution in [2.75, 3.05) is 26.3 Å². The minimum absolute atomic E-state index is 0.00841. The predicted molar refractivity (Wildman–Crippen MR) is 116 cm³/mol. The maximum Gasteiger partial charge on any atom is 0.244 e. The van der Waals surface area contributed by atoms with Crippen molar-refractivity contribution in [1.29, 1.82) is 0 Å². The third kappa shape index (κ3) is 5.43. The minimum Gasteiger partial charge on any atom is -0.490 e. The largest absolute Gasteiger partial charge is 0.490 e. The van der Waals surface area contributed by atoms with E-state index in [2.05, 4.69) is 5.10 Å². The first kappa shape index (κ1) is 22.6. The summed E-state index contributed by atoms with van der Waals surface area (Å²) < 4.78 is 40.3. The summed E-state index contributed by atoms with van der Waals surface area (Å²) in [4.78, 5) is 26.2. The van der Waals surface area contributed by atoms with Crippen LogP contribution in [0.5, 0.6) is 5.75 Å². The van der Waals surface area contributed by atoms with Gasteiger partial charge in [0.25, 0.3) is 0 Å². The Morgan fingerprint density at radius 1 is 1.18 bits per heavy atom. The SMILES string of the molecule is CC(=O)c1cc(F)ccc1OCC1CN(C(=O)Cn2ccc(-c3ccccc3F)n2)CCO1. The number of rotatable bonds is 7. The van der Waals surface area contributed by atoms with Crippen LogP contribution in [0.2, 0.25) is 0 Å². The molecule has 7 nitrogen and oxygen atoms in total. The number of hydrogen-bond donors (Lipinski definition) is 0. The fourth-order valence-corrected chi connectivity index (χ4v) is 3.63. The molecule has 1 saturated heterocycles. The van der Waals surface area contributed by atoms with Gasteiger partial charge in [-0.05, 0) is 43.3 Å². The standard InChI is InChI=1S/C24H23F2N3O4/c1-16(30)20-12-17(25)6-7-23(20)33-15-18-13-28(10-11-32-18)24(31)14-29-9-8-22(27-29)19-4-2-3-5-21(19)26/h2-9,12,18H,10-11,13-15H2,1H3. The number of Topliss-reactive ketones (excluding diaryl/α,β-unsaturated/α-hetero) is 1. The van der Waals surface area contributed by atoms with E-state index in [4.69, 9.17) is 9.47 Å². The highest BCUT2D eigenvalue weighted by Crippen LogP contribution is 2.22. The normalized spacial score (nSPS) is 16.0. The number of hydrogen-bond acceptors (Lipinski definition) is 5. The second-order valence-corrected chi connectivity index (χ2v) is 7.72. The molecular formula is C24H23F2N3O4. The first-order valence-corrected chi connectivity index (χ1v) is 10.5. The lowest BCUT2D eigenvalue weighted by Gasteiger charge is -2.33. The molecule has 1 aromatic heterocycles. The van der Waals surface area contributed by atoms with Gasteiger partial charge in [-0.3, -0.25) is 14.3 Å². The van der Waals surface area contributed by atoms with Crippen molar-refractivity contribution >= 4 is 11.7 Å². The summed E-state index contributed by atoms with van der Waals surface area (Å²) in [5.74, 6) is -1.08. The lowest BCUT2D eigenvalue weighted by molar-refractivity contribution is -0.140. The number of amides is 1.